The third-order valence-electron chi connectivity index (χ3n) is 3.21. The summed E-state index contributed by atoms with van der Waals surface area (Å²) in [6.07, 6.45) is 5.07. The van der Waals surface area contributed by atoms with E-state index in [1.54, 1.807) is 12.1 Å². The third-order valence-corrected chi connectivity index (χ3v) is 3.77. The molecular weight excluding hydrogens is 334 g/mol. The van der Waals surface area contributed by atoms with Crippen molar-refractivity contribution in [2.75, 3.05) is 5.33 Å². The maximum absolute atomic E-state index is 13.5. The highest BCUT2D eigenvalue weighted by Crippen LogP contribution is 2.25. The molecule has 110 valence electrons. The van der Waals surface area contributed by atoms with Gasteiger partial charge in [-0.1, -0.05) is 46.3 Å². The molecule has 0 amide bonds. The smallest absolute Gasteiger partial charge is 0.123 e. The monoisotopic (exact) mass is 350 g/mol. The number of benzene rings is 2. The Balaban J connectivity index is 2.34. The lowest BCUT2D eigenvalue weighted by molar-refractivity contribution is 0.627. The standard InChI is InChI=1S/C18H17BrF2/c19-11-3-1-2-10-18(14-6-4-8-16(20)12-14)15-7-5-9-17(21)13-15/h4-10,12-13H,1-3,11H2. The maximum atomic E-state index is 13.5. The van der Waals surface area contributed by atoms with E-state index < -0.39 is 0 Å². The highest BCUT2D eigenvalue weighted by atomic mass is 79.9. The Labute approximate surface area is 132 Å². The molecule has 0 saturated carbocycles. The van der Waals surface area contributed by atoms with Crippen LogP contribution >= 0.6 is 15.9 Å². The maximum Gasteiger partial charge on any atom is 0.123 e. The van der Waals surface area contributed by atoms with Gasteiger partial charge in [-0.2, -0.15) is 0 Å². The number of hydrogen-bond donors (Lipinski definition) is 0. The number of rotatable bonds is 6. The van der Waals surface area contributed by atoms with Gasteiger partial charge >= 0.3 is 0 Å². The van der Waals surface area contributed by atoms with Gasteiger partial charge in [0, 0.05) is 5.33 Å². The number of hydrogen-bond acceptors (Lipinski definition) is 0. The molecule has 0 fully saturated rings. The average molecular weight is 351 g/mol. The molecule has 0 spiro atoms. The fourth-order valence-electron chi connectivity index (χ4n) is 2.20. The summed E-state index contributed by atoms with van der Waals surface area (Å²) in [4.78, 5) is 0. The van der Waals surface area contributed by atoms with Gasteiger partial charge in [-0.15, -0.1) is 0 Å². The third kappa shape index (κ3) is 4.78. The van der Waals surface area contributed by atoms with Crippen molar-refractivity contribution in [1.82, 2.24) is 0 Å². The molecule has 0 aromatic heterocycles. The van der Waals surface area contributed by atoms with Gasteiger partial charge in [0.1, 0.15) is 11.6 Å². The van der Waals surface area contributed by atoms with Crippen LogP contribution in [-0.2, 0) is 0 Å². The molecule has 0 aliphatic carbocycles. The van der Waals surface area contributed by atoms with Crippen LogP contribution in [-0.4, -0.2) is 5.33 Å². The summed E-state index contributed by atoms with van der Waals surface area (Å²) in [5.74, 6) is -0.564. The lowest BCUT2D eigenvalue weighted by atomic mass is 9.96. The van der Waals surface area contributed by atoms with Crippen LogP contribution in [0.2, 0.25) is 0 Å². The van der Waals surface area contributed by atoms with Crippen molar-refractivity contribution in [1.29, 1.82) is 0 Å². The Bertz CT molecular complexity index is 573. The lowest BCUT2D eigenvalue weighted by Crippen LogP contribution is -1.91. The zero-order valence-electron chi connectivity index (χ0n) is 11.7. The topological polar surface area (TPSA) is 0 Å². The van der Waals surface area contributed by atoms with Crippen molar-refractivity contribution in [2.45, 2.75) is 19.3 Å². The van der Waals surface area contributed by atoms with Gasteiger partial charge < -0.3 is 0 Å². The van der Waals surface area contributed by atoms with Gasteiger partial charge in [-0.25, -0.2) is 8.78 Å². The number of unbranched alkanes of at least 4 members (excludes halogenated alkanes) is 2. The Morgan fingerprint density at radius 1 is 0.905 bits per heavy atom. The Morgan fingerprint density at radius 3 is 1.95 bits per heavy atom. The SMILES string of the molecule is Fc1cccc(C(=CCCCCBr)c2cccc(F)c2)c1. The fourth-order valence-corrected chi connectivity index (χ4v) is 2.60. The molecule has 0 aliphatic heterocycles. The van der Waals surface area contributed by atoms with Gasteiger partial charge in [-0.3, -0.25) is 0 Å². The summed E-state index contributed by atoms with van der Waals surface area (Å²) in [5.41, 5.74) is 2.43. The van der Waals surface area contributed by atoms with Crippen LogP contribution in [0.15, 0.2) is 54.6 Å². The zero-order valence-corrected chi connectivity index (χ0v) is 13.2. The molecule has 0 nitrogen and oxygen atoms in total. The summed E-state index contributed by atoms with van der Waals surface area (Å²) in [7, 11) is 0. The summed E-state index contributed by atoms with van der Waals surface area (Å²) < 4.78 is 26.9. The number of alkyl halides is 1. The van der Waals surface area contributed by atoms with E-state index in [9.17, 15) is 8.78 Å². The molecule has 0 aliphatic rings. The van der Waals surface area contributed by atoms with E-state index in [0.29, 0.717) is 0 Å². The van der Waals surface area contributed by atoms with Crippen LogP contribution < -0.4 is 0 Å². The second-order valence-electron chi connectivity index (χ2n) is 4.82. The molecule has 0 radical (unpaired) electrons. The summed E-state index contributed by atoms with van der Waals surface area (Å²) in [5, 5.41) is 0.968. The Morgan fingerprint density at radius 2 is 1.48 bits per heavy atom. The van der Waals surface area contributed by atoms with Crippen molar-refractivity contribution in [3.05, 3.63) is 77.4 Å². The van der Waals surface area contributed by atoms with E-state index in [2.05, 4.69) is 22.0 Å². The predicted octanol–water partition coefficient (Wildman–Crippen LogP) is 5.96. The fraction of sp³-hybridized carbons (Fsp3) is 0.222. The molecule has 0 N–H and O–H groups in total. The van der Waals surface area contributed by atoms with Crippen molar-refractivity contribution < 1.29 is 8.78 Å². The summed E-state index contributed by atoms with van der Waals surface area (Å²) in [6.45, 7) is 0. The van der Waals surface area contributed by atoms with Crippen LogP contribution in [0.4, 0.5) is 8.78 Å². The second kappa shape index (κ2) is 8.08. The number of halogens is 3. The summed E-state index contributed by atoms with van der Waals surface area (Å²) >= 11 is 3.41. The summed E-state index contributed by atoms with van der Waals surface area (Å²) in [6, 6.07) is 12.9. The van der Waals surface area contributed by atoms with Crippen molar-refractivity contribution >= 4 is 21.5 Å². The van der Waals surface area contributed by atoms with Crippen molar-refractivity contribution in [2.24, 2.45) is 0 Å². The van der Waals surface area contributed by atoms with Crippen molar-refractivity contribution in [3.8, 4) is 0 Å². The molecular formula is C18H17BrF2. The molecule has 0 unspecified atom stereocenters. The Hall–Kier alpha value is -1.48. The first-order chi connectivity index (χ1) is 10.2. The van der Waals surface area contributed by atoms with E-state index in [4.69, 9.17) is 0 Å². The second-order valence-corrected chi connectivity index (χ2v) is 5.62. The Kier molecular flexibility index (Phi) is 6.12. The first-order valence-electron chi connectivity index (χ1n) is 6.98. The predicted molar refractivity (Wildman–Crippen MR) is 87.5 cm³/mol. The van der Waals surface area contributed by atoms with E-state index in [1.807, 2.05) is 12.1 Å². The first-order valence-corrected chi connectivity index (χ1v) is 8.11. The van der Waals surface area contributed by atoms with E-state index in [-0.39, 0.29) is 11.6 Å². The lowest BCUT2D eigenvalue weighted by Gasteiger charge is -2.09. The van der Waals surface area contributed by atoms with Gasteiger partial charge in [0.05, 0.1) is 0 Å². The zero-order chi connectivity index (χ0) is 15.1. The molecule has 2 rings (SSSR count). The molecule has 21 heavy (non-hydrogen) atoms. The van der Waals surface area contributed by atoms with E-state index in [0.717, 1.165) is 41.3 Å². The molecule has 3 heteroatoms. The van der Waals surface area contributed by atoms with Gasteiger partial charge in [0.2, 0.25) is 0 Å². The quantitative estimate of drug-likeness (QED) is 0.445. The normalized spacial score (nSPS) is 10.4. The minimum Gasteiger partial charge on any atom is -0.207 e. The van der Waals surface area contributed by atoms with Crippen LogP contribution in [0.3, 0.4) is 0 Å². The minimum atomic E-state index is -0.282. The first kappa shape index (κ1) is 15.9. The van der Waals surface area contributed by atoms with Crippen LogP contribution in [0.1, 0.15) is 30.4 Å². The van der Waals surface area contributed by atoms with Gasteiger partial charge in [0.25, 0.3) is 0 Å². The van der Waals surface area contributed by atoms with Crippen LogP contribution in [0.5, 0.6) is 0 Å². The van der Waals surface area contributed by atoms with Gasteiger partial charge in [-0.05, 0) is 60.2 Å². The molecule has 0 bridgehead atoms. The van der Waals surface area contributed by atoms with Crippen LogP contribution in [0.25, 0.3) is 5.57 Å². The molecule has 2 aromatic rings. The minimum absolute atomic E-state index is 0.282. The molecule has 0 heterocycles. The molecule has 0 atom stereocenters. The van der Waals surface area contributed by atoms with Crippen LogP contribution in [0, 0.1) is 11.6 Å². The average Bonchev–Trinajstić information content (AvgIpc) is 2.47. The highest BCUT2D eigenvalue weighted by Gasteiger charge is 2.07. The number of allylic oxidation sites excluding steroid dienone is 1. The van der Waals surface area contributed by atoms with E-state index in [1.165, 1.54) is 24.3 Å². The highest BCUT2D eigenvalue weighted by molar-refractivity contribution is 9.09. The molecule has 2 aromatic carbocycles. The largest absolute Gasteiger partial charge is 0.207 e. The molecule has 0 saturated heterocycles. The van der Waals surface area contributed by atoms with E-state index >= 15 is 0 Å². The van der Waals surface area contributed by atoms with Gasteiger partial charge in [0.15, 0.2) is 0 Å². The van der Waals surface area contributed by atoms with Crippen molar-refractivity contribution in [3.63, 3.8) is 0 Å².